The third-order valence-corrected chi connectivity index (χ3v) is 5.08. The van der Waals surface area contributed by atoms with Gasteiger partial charge in [0.05, 0.1) is 17.6 Å². The van der Waals surface area contributed by atoms with Gasteiger partial charge in [0.15, 0.2) is 0 Å². The fourth-order valence-electron chi connectivity index (χ4n) is 1.76. The number of benzene rings is 1. The molecule has 0 saturated carbocycles. The standard InChI is InChI=1S/C16H19N3O3S2/c1-4-22-13(20)9-23-11(3)14(21)17-16-19-18-15(24-16)12-7-5-10(2)6-8-12/h5-8,11H,4,9H2,1-3H3,(H,17,19,21)/t11-/m1/s1. The summed E-state index contributed by atoms with van der Waals surface area (Å²) in [5.74, 6) is -0.386. The van der Waals surface area contributed by atoms with E-state index in [1.807, 2.05) is 31.2 Å². The second-order valence-electron chi connectivity index (χ2n) is 5.03. The van der Waals surface area contributed by atoms with Gasteiger partial charge in [0.2, 0.25) is 11.0 Å². The van der Waals surface area contributed by atoms with Gasteiger partial charge in [-0.3, -0.25) is 14.9 Å². The second kappa shape index (κ2) is 8.79. The Hall–Kier alpha value is -1.93. The van der Waals surface area contributed by atoms with E-state index in [2.05, 4.69) is 15.5 Å². The van der Waals surface area contributed by atoms with E-state index >= 15 is 0 Å². The molecule has 0 spiro atoms. The molecule has 1 amide bonds. The predicted molar refractivity (Wildman–Crippen MR) is 97.3 cm³/mol. The van der Waals surface area contributed by atoms with Crippen LogP contribution in [0.3, 0.4) is 0 Å². The van der Waals surface area contributed by atoms with E-state index in [9.17, 15) is 9.59 Å². The maximum absolute atomic E-state index is 12.1. The van der Waals surface area contributed by atoms with Crippen LogP contribution in [-0.4, -0.2) is 39.7 Å². The van der Waals surface area contributed by atoms with Crippen molar-refractivity contribution < 1.29 is 14.3 Å². The molecular weight excluding hydrogens is 346 g/mol. The quantitative estimate of drug-likeness (QED) is 0.759. The van der Waals surface area contributed by atoms with Crippen molar-refractivity contribution in [1.82, 2.24) is 10.2 Å². The van der Waals surface area contributed by atoms with Crippen LogP contribution in [0.1, 0.15) is 19.4 Å². The number of anilines is 1. The van der Waals surface area contributed by atoms with Crippen molar-refractivity contribution in [3.63, 3.8) is 0 Å². The number of nitrogens with one attached hydrogen (secondary N) is 1. The molecule has 0 radical (unpaired) electrons. The zero-order valence-electron chi connectivity index (χ0n) is 13.7. The molecule has 6 nitrogen and oxygen atoms in total. The number of nitrogens with zero attached hydrogens (tertiary/aromatic N) is 2. The third-order valence-electron chi connectivity index (χ3n) is 3.08. The first-order valence-corrected chi connectivity index (χ1v) is 9.34. The lowest BCUT2D eigenvalue weighted by Gasteiger charge is -2.09. The van der Waals surface area contributed by atoms with Gasteiger partial charge in [-0.2, -0.15) is 0 Å². The summed E-state index contributed by atoms with van der Waals surface area (Å²) in [6.45, 7) is 5.85. The van der Waals surface area contributed by atoms with E-state index in [1.165, 1.54) is 28.7 Å². The smallest absolute Gasteiger partial charge is 0.315 e. The number of amides is 1. The van der Waals surface area contributed by atoms with Crippen molar-refractivity contribution in [3.05, 3.63) is 29.8 Å². The zero-order valence-corrected chi connectivity index (χ0v) is 15.4. The molecule has 0 aliphatic heterocycles. The first-order valence-electron chi connectivity index (χ1n) is 7.48. The third kappa shape index (κ3) is 5.31. The molecule has 0 fully saturated rings. The van der Waals surface area contributed by atoms with Crippen LogP contribution in [0.5, 0.6) is 0 Å². The molecule has 24 heavy (non-hydrogen) atoms. The highest BCUT2D eigenvalue weighted by molar-refractivity contribution is 8.01. The van der Waals surface area contributed by atoms with Gasteiger partial charge in [0.1, 0.15) is 5.01 Å². The molecule has 0 aliphatic rings. The number of hydrogen-bond acceptors (Lipinski definition) is 7. The fourth-order valence-corrected chi connectivity index (χ4v) is 3.20. The van der Waals surface area contributed by atoms with Crippen molar-refractivity contribution in [1.29, 1.82) is 0 Å². The minimum absolute atomic E-state index is 0.146. The van der Waals surface area contributed by atoms with Crippen LogP contribution in [0.15, 0.2) is 24.3 Å². The number of hydrogen-bond donors (Lipinski definition) is 1. The number of aryl methyl sites for hydroxylation is 1. The molecule has 2 rings (SSSR count). The Morgan fingerprint density at radius 2 is 2.00 bits per heavy atom. The molecule has 8 heteroatoms. The van der Waals surface area contributed by atoms with Crippen molar-refractivity contribution >= 4 is 40.1 Å². The summed E-state index contributed by atoms with van der Waals surface area (Å²) in [6, 6.07) is 7.95. The van der Waals surface area contributed by atoms with E-state index in [0.717, 1.165) is 10.6 Å². The predicted octanol–water partition coefficient (Wildman–Crippen LogP) is 3.14. The number of thioether (sulfide) groups is 1. The second-order valence-corrected chi connectivity index (χ2v) is 7.33. The summed E-state index contributed by atoms with van der Waals surface area (Å²) in [5.41, 5.74) is 2.13. The molecule has 0 saturated heterocycles. The van der Waals surface area contributed by atoms with Crippen molar-refractivity contribution in [2.75, 3.05) is 17.7 Å². The van der Waals surface area contributed by atoms with Crippen LogP contribution in [0.4, 0.5) is 5.13 Å². The van der Waals surface area contributed by atoms with Crippen LogP contribution in [0, 0.1) is 6.92 Å². The van der Waals surface area contributed by atoms with Gasteiger partial charge in [-0.15, -0.1) is 22.0 Å². The maximum atomic E-state index is 12.1. The highest BCUT2D eigenvalue weighted by Gasteiger charge is 2.17. The molecule has 0 bridgehead atoms. The summed E-state index contributed by atoms with van der Waals surface area (Å²) >= 11 is 2.54. The fraction of sp³-hybridized carbons (Fsp3) is 0.375. The molecule has 128 valence electrons. The van der Waals surface area contributed by atoms with Crippen LogP contribution < -0.4 is 5.32 Å². The summed E-state index contributed by atoms with van der Waals surface area (Å²) in [4.78, 5) is 23.4. The highest BCUT2D eigenvalue weighted by atomic mass is 32.2. The Kier molecular flexibility index (Phi) is 6.74. The number of ether oxygens (including phenoxy) is 1. The number of aromatic nitrogens is 2. The van der Waals surface area contributed by atoms with Gasteiger partial charge in [-0.25, -0.2) is 0 Å². The molecular formula is C16H19N3O3S2. The zero-order chi connectivity index (χ0) is 17.5. The van der Waals surface area contributed by atoms with Crippen LogP contribution >= 0.6 is 23.1 Å². The lowest BCUT2D eigenvalue weighted by Crippen LogP contribution is -2.24. The number of carbonyl (C=O) groups is 2. The van der Waals surface area contributed by atoms with Gasteiger partial charge in [0.25, 0.3) is 0 Å². The normalized spacial score (nSPS) is 11.8. The van der Waals surface area contributed by atoms with E-state index < -0.39 is 0 Å². The van der Waals surface area contributed by atoms with E-state index in [-0.39, 0.29) is 22.9 Å². The molecule has 1 heterocycles. The average molecular weight is 365 g/mol. The lowest BCUT2D eigenvalue weighted by atomic mass is 10.2. The molecule has 0 unspecified atom stereocenters. The molecule has 2 aromatic rings. The van der Waals surface area contributed by atoms with Crippen molar-refractivity contribution in [2.45, 2.75) is 26.0 Å². The van der Waals surface area contributed by atoms with Gasteiger partial charge in [-0.05, 0) is 20.8 Å². The number of esters is 1. The first-order chi connectivity index (χ1) is 11.5. The summed E-state index contributed by atoms with van der Waals surface area (Å²) in [7, 11) is 0. The maximum Gasteiger partial charge on any atom is 0.315 e. The van der Waals surface area contributed by atoms with Crippen LogP contribution in [0.2, 0.25) is 0 Å². The Bertz CT molecular complexity index is 701. The number of rotatable bonds is 7. The van der Waals surface area contributed by atoms with Gasteiger partial charge < -0.3 is 4.74 Å². The largest absolute Gasteiger partial charge is 0.465 e. The van der Waals surface area contributed by atoms with Gasteiger partial charge >= 0.3 is 5.97 Å². The van der Waals surface area contributed by atoms with E-state index in [4.69, 9.17) is 4.74 Å². The molecule has 1 N–H and O–H groups in total. The molecule has 0 aliphatic carbocycles. The Morgan fingerprint density at radius 1 is 1.29 bits per heavy atom. The first kappa shape index (κ1) is 18.4. The topological polar surface area (TPSA) is 81.2 Å². The Labute approximate surface area is 149 Å². The Balaban J connectivity index is 1.90. The van der Waals surface area contributed by atoms with Gasteiger partial charge in [0, 0.05) is 5.56 Å². The van der Waals surface area contributed by atoms with Crippen molar-refractivity contribution in [2.24, 2.45) is 0 Å². The molecule has 1 aromatic heterocycles. The lowest BCUT2D eigenvalue weighted by molar-refractivity contribution is -0.139. The Morgan fingerprint density at radius 3 is 2.67 bits per heavy atom. The van der Waals surface area contributed by atoms with Crippen molar-refractivity contribution in [3.8, 4) is 10.6 Å². The molecule has 1 aromatic carbocycles. The summed E-state index contributed by atoms with van der Waals surface area (Å²) in [5, 5.41) is 11.6. The monoisotopic (exact) mass is 365 g/mol. The summed E-state index contributed by atoms with van der Waals surface area (Å²) < 4.78 is 4.84. The van der Waals surface area contributed by atoms with Crippen LogP contribution in [0.25, 0.3) is 10.6 Å². The average Bonchev–Trinajstić information content (AvgIpc) is 3.02. The number of carbonyl (C=O) groups excluding carboxylic acids is 2. The van der Waals surface area contributed by atoms with E-state index in [1.54, 1.807) is 13.8 Å². The minimum Gasteiger partial charge on any atom is -0.465 e. The SMILES string of the molecule is CCOC(=O)CS[C@H](C)C(=O)Nc1nnc(-c2ccc(C)cc2)s1. The minimum atomic E-state index is -0.388. The van der Waals surface area contributed by atoms with Gasteiger partial charge in [-0.1, -0.05) is 41.2 Å². The summed E-state index contributed by atoms with van der Waals surface area (Å²) in [6.07, 6.45) is 0. The van der Waals surface area contributed by atoms with E-state index in [0.29, 0.717) is 11.7 Å². The van der Waals surface area contributed by atoms with Crippen LogP contribution in [-0.2, 0) is 14.3 Å². The highest BCUT2D eigenvalue weighted by Crippen LogP contribution is 2.27. The molecule has 1 atom stereocenters.